The maximum Gasteiger partial charge on any atom is 0.410 e. The fraction of sp³-hybridized carbons (Fsp3) is 0.500. The number of rotatable bonds is 1. The minimum atomic E-state index is -0.731. The van der Waals surface area contributed by atoms with Crippen molar-refractivity contribution in [1.82, 2.24) is 9.88 Å². The number of nitrogens with zero attached hydrogens (tertiary/aromatic N) is 3. The maximum atomic E-state index is 14.2. The molecule has 2 aromatic rings. The number of hydrogen-bond donors (Lipinski definition) is 0. The zero-order valence-electron chi connectivity index (χ0n) is 16.6. The second-order valence-electron chi connectivity index (χ2n) is 8.12. The number of pyridine rings is 1. The van der Waals surface area contributed by atoms with Crippen molar-refractivity contribution in [1.29, 1.82) is 0 Å². The lowest BCUT2D eigenvalue weighted by Gasteiger charge is -2.41. The van der Waals surface area contributed by atoms with Crippen LogP contribution in [0.5, 0.6) is 0 Å². The first-order valence-electron chi connectivity index (χ1n) is 9.17. The highest BCUT2D eigenvalue weighted by Crippen LogP contribution is 2.35. The number of carbonyl (C=O) groups is 1. The molecule has 1 atom stereocenters. The lowest BCUT2D eigenvalue weighted by Crippen LogP contribution is -2.55. The highest BCUT2D eigenvalue weighted by molar-refractivity contribution is 6.36. The van der Waals surface area contributed by atoms with Crippen LogP contribution in [0.4, 0.5) is 19.4 Å². The summed E-state index contributed by atoms with van der Waals surface area (Å²) < 4.78 is 33.3. The Morgan fingerprint density at radius 2 is 1.96 bits per heavy atom. The van der Waals surface area contributed by atoms with Gasteiger partial charge in [-0.1, -0.05) is 11.6 Å². The molecule has 0 unspecified atom stereocenters. The summed E-state index contributed by atoms with van der Waals surface area (Å²) in [5.41, 5.74) is 0.231. The van der Waals surface area contributed by atoms with E-state index in [-0.39, 0.29) is 28.1 Å². The first kappa shape index (κ1) is 20.6. The van der Waals surface area contributed by atoms with E-state index in [0.717, 1.165) is 6.07 Å². The molecule has 1 aromatic heterocycles. The Morgan fingerprint density at radius 1 is 1.29 bits per heavy atom. The van der Waals surface area contributed by atoms with Crippen molar-refractivity contribution in [2.75, 3.05) is 24.5 Å². The predicted molar refractivity (Wildman–Crippen MR) is 106 cm³/mol. The summed E-state index contributed by atoms with van der Waals surface area (Å²) in [5.74, 6) is -0.866. The lowest BCUT2D eigenvalue weighted by atomic mass is 10.1. The molecule has 2 heterocycles. The summed E-state index contributed by atoms with van der Waals surface area (Å²) in [6, 6.07) is 1.85. The van der Waals surface area contributed by atoms with Gasteiger partial charge in [-0.3, -0.25) is 0 Å². The standard InChI is InChI=1S/C20H24ClF2N3O2/c1-11-10-25(6-7-26(11)19(27)28-20(3,4)5)18-12(2)17(21)16-14(23)8-13(22)9-15(16)24-18/h8-9,11H,6-7,10H2,1-5H3/t11-/m0/s1. The highest BCUT2D eigenvalue weighted by Gasteiger charge is 2.32. The number of benzene rings is 1. The minimum Gasteiger partial charge on any atom is -0.444 e. The van der Waals surface area contributed by atoms with E-state index in [1.165, 1.54) is 6.07 Å². The van der Waals surface area contributed by atoms with Crippen LogP contribution in [0.25, 0.3) is 10.9 Å². The van der Waals surface area contributed by atoms with Crippen LogP contribution in [0.3, 0.4) is 0 Å². The van der Waals surface area contributed by atoms with E-state index in [1.807, 2.05) is 32.6 Å². The summed E-state index contributed by atoms with van der Waals surface area (Å²) >= 11 is 6.38. The molecule has 1 aliphatic rings. The second-order valence-corrected chi connectivity index (χ2v) is 8.50. The molecule has 1 saturated heterocycles. The molecule has 1 amide bonds. The number of hydrogen-bond acceptors (Lipinski definition) is 4. The van der Waals surface area contributed by atoms with E-state index in [2.05, 4.69) is 4.98 Å². The van der Waals surface area contributed by atoms with Gasteiger partial charge in [-0.2, -0.15) is 0 Å². The molecule has 0 spiro atoms. The third-order valence-corrected chi connectivity index (χ3v) is 5.17. The zero-order valence-corrected chi connectivity index (χ0v) is 17.4. The highest BCUT2D eigenvalue weighted by atomic mass is 35.5. The van der Waals surface area contributed by atoms with Crippen LogP contribution < -0.4 is 4.90 Å². The van der Waals surface area contributed by atoms with Gasteiger partial charge in [-0.05, 0) is 34.6 Å². The number of halogens is 3. The van der Waals surface area contributed by atoms with E-state index in [4.69, 9.17) is 16.3 Å². The number of amides is 1. The van der Waals surface area contributed by atoms with Crippen LogP contribution in [0.2, 0.25) is 5.02 Å². The van der Waals surface area contributed by atoms with Crippen molar-refractivity contribution in [3.63, 3.8) is 0 Å². The largest absolute Gasteiger partial charge is 0.444 e. The summed E-state index contributed by atoms with van der Waals surface area (Å²) in [7, 11) is 0. The molecular formula is C20H24ClF2N3O2. The van der Waals surface area contributed by atoms with Crippen LogP contribution in [0.15, 0.2) is 12.1 Å². The van der Waals surface area contributed by atoms with Crippen LogP contribution in [0.1, 0.15) is 33.3 Å². The summed E-state index contributed by atoms with van der Waals surface area (Å²) in [5, 5.41) is 0.337. The monoisotopic (exact) mass is 411 g/mol. The molecular weight excluding hydrogens is 388 g/mol. The quantitative estimate of drug-likeness (QED) is 0.668. The van der Waals surface area contributed by atoms with Crippen LogP contribution in [-0.2, 0) is 4.74 Å². The summed E-state index contributed by atoms with van der Waals surface area (Å²) in [4.78, 5) is 20.5. The molecule has 1 aromatic carbocycles. The predicted octanol–water partition coefficient (Wildman–Crippen LogP) is 4.92. The molecule has 0 bridgehead atoms. The van der Waals surface area contributed by atoms with Crippen molar-refractivity contribution >= 4 is 34.4 Å². The molecule has 1 aliphatic heterocycles. The van der Waals surface area contributed by atoms with E-state index in [1.54, 1.807) is 11.8 Å². The summed E-state index contributed by atoms with van der Waals surface area (Å²) in [6.07, 6.45) is -0.356. The number of fused-ring (bicyclic) bond motifs is 1. The average molecular weight is 412 g/mol. The van der Waals surface area contributed by atoms with Gasteiger partial charge in [-0.25, -0.2) is 18.6 Å². The molecule has 5 nitrogen and oxygen atoms in total. The first-order chi connectivity index (χ1) is 13.0. The van der Waals surface area contributed by atoms with Gasteiger partial charge in [0.25, 0.3) is 0 Å². The molecule has 0 aliphatic carbocycles. The average Bonchev–Trinajstić information content (AvgIpc) is 2.55. The van der Waals surface area contributed by atoms with Crippen molar-refractivity contribution in [2.45, 2.75) is 46.3 Å². The Kier molecular flexibility index (Phi) is 5.40. The molecule has 0 radical (unpaired) electrons. The number of anilines is 1. The van der Waals surface area contributed by atoms with E-state index >= 15 is 0 Å². The fourth-order valence-corrected chi connectivity index (χ4v) is 3.67. The van der Waals surface area contributed by atoms with Gasteiger partial charge in [0, 0.05) is 43.4 Å². The number of aromatic nitrogens is 1. The number of ether oxygens (including phenoxy) is 1. The van der Waals surface area contributed by atoms with Crippen molar-refractivity contribution < 1.29 is 18.3 Å². The molecule has 1 fully saturated rings. The fourth-order valence-electron chi connectivity index (χ4n) is 3.40. The topological polar surface area (TPSA) is 45.7 Å². The number of piperazine rings is 1. The van der Waals surface area contributed by atoms with Gasteiger partial charge < -0.3 is 14.5 Å². The normalized spacial score (nSPS) is 17.9. The van der Waals surface area contributed by atoms with Crippen LogP contribution >= 0.6 is 11.6 Å². The van der Waals surface area contributed by atoms with Gasteiger partial charge >= 0.3 is 6.09 Å². The Morgan fingerprint density at radius 3 is 2.57 bits per heavy atom. The van der Waals surface area contributed by atoms with E-state index < -0.39 is 17.2 Å². The Hall–Kier alpha value is -2.15. The van der Waals surface area contributed by atoms with E-state index in [0.29, 0.717) is 31.0 Å². The van der Waals surface area contributed by atoms with Crippen molar-refractivity contribution in [3.05, 3.63) is 34.4 Å². The molecule has 0 N–H and O–H groups in total. The van der Waals surface area contributed by atoms with Crippen LogP contribution in [-0.4, -0.2) is 47.3 Å². The van der Waals surface area contributed by atoms with Gasteiger partial charge in [0.1, 0.15) is 23.1 Å². The Bertz CT molecular complexity index is 930. The van der Waals surface area contributed by atoms with Gasteiger partial charge in [0.2, 0.25) is 0 Å². The molecule has 8 heteroatoms. The minimum absolute atomic E-state index is 0.116. The third-order valence-electron chi connectivity index (χ3n) is 4.70. The number of carbonyl (C=O) groups excluding carboxylic acids is 1. The zero-order chi connectivity index (χ0) is 20.8. The van der Waals surface area contributed by atoms with Gasteiger partial charge in [0.05, 0.1) is 15.9 Å². The second kappa shape index (κ2) is 7.35. The third kappa shape index (κ3) is 3.99. The van der Waals surface area contributed by atoms with Gasteiger partial charge in [-0.15, -0.1) is 0 Å². The lowest BCUT2D eigenvalue weighted by molar-refractivity contribution is 0.0158. The molecule has 0 saturated carbocycles. The summed E-state index contributed by atoms with van der Waals surface area (Å²) in [6.45, 7) is 10.6. The maximum absolute atomic E-state index is 14.2. The molecule has 152 valence electrons. The smallest absolute Gasteiger partial charge is 0.410 e. The van der Waals surface area contributed by atoms with Crippen molar-refractivity contribution in [3.8, 4) is 0 Å². The first-order valence-corrected chi connectivity index (χ1v) is 9.55. The Labute approximate surface area is 168 Å². The Balaban J connectivity index is 1.89. The van der Waals surface area contributed by atoms with Crippen LogP contribution in [0, 0.1) is 18.6 Å². The molecule has 3 rings (SSSR count). The van der Waals surface area contributed by atoms with Gasteiger partial charge in [0.15, 0.2) is 0 Å². The molecule has 28 heavy (non-hydrogen) atoms. The van der Waals surface area contributed by atoms with E-state index in [9.17, 15) is 13.6 Å². The van der Waals surface area contributed by atoms with Crippen molar-refractivity contribution in [2.24, 2.45) is 0 Å². The SMILES string of the molecule is Cc1c(N2CCN(C(=O)OC(C)(C)C)[C@@H](C)C2)nc2cc(F)cc(F)c2c1Cl.